The quantitative estimate of drug-likeness (QED) is 0.236. The van der Waals surface area contributed by atoms with Crippen LogP contribution in [0.5, 0.6) is 0 Å². The van der Waals surface area contributed by atoms with Crippen molar-refractivity contribution in [2.75, 3.05) is 0 Å². The van der Waals surface area contributed by atoms with Crippen LogP contribution in [0.3, 0.4) is 0 Å². The van der Waals surface area contributed by atoms with E-state index in [0.29, 0.717) is 5.95 Å². The van der Waals surface area contributed by atoms with E-state index in [4.69, 9.17) is 9.97 Å². The van der Waals surface area contributed by atoms with Crippen molar-refractivity contribution in [2.24, 2.45) is 0 Å². The van der Waals surface area contributed by atoms with E-state index < -0.39 is 0 Å². The Bertz CT molecular complexity index is 2080. The van der Waals surface area contributed by atoms with Gasteiger partial charge in [0.15, 0.2) is 0 Å². The average molecular weight is 513 g/mol. The zero-order valence-electron chi connectivity index (χ0n) is 21.6. The lowest BCUT2D eigenvalue weighted by Gasteiger charge is -2.13. The first kappa shape index (κ1) is 22.5. The van der Waals surface area contributed by atoms with Crippen molar-refractivity contribution >= 4 is 27.3 Å². The lowest BCUT2D eigenvalue weighted by atomic mass is 10.1. The topological polar surface area (TPSA) is 35.1 Å². The highest BCUT2D eigenvalue weighted by molar-refractivity contribution is 6.21. The Labute approximate surface area is 231 Å². The highest BCUT2D eigenvalue weighted by atomic mass is 15.2. The molecule has 40 heavy (non-hydrogen) atoms. The van der Waals surface area contributed by atoms with Crippen molar-refractivity contribution in [2.45, 2.75) is 0 Å². The second kappa shape index (κ2) is 9.07. The van der Waals surface area contributed by atoms with Crippen LogP contribution in [0.15, 0.2) is 146 Å². The number of rotatable bonds is 4. The number of pyridine rings is 1. The standard InChI is InChI=1S/C36H24N4/c1-4-14-25(15-5-1)29-24-30(26-16-6-2-7-17-26)38-36(37-29)40-31-21-11-10-20-28(31)33-32-22-12-13-23-39(32)34(35(33)40)27-18-8-3-9-19-27/h1-24H. The molecule has 8 rings (SSSR count). The molecule has 0 aliphatic carbocycles. The summed E-state index contributed by atoms with van der Waals surface area (Å²) in [5, 5.41) is 2.38. The Kier molecular flexibility index (Phi) is 5.10. The summed E-state index contributed by atoms with van der Waals surface area (Å²) < 4.78 is 4.54. The molecule has 0 aliphatic heterocycles. The molecular weight excluding hydrogens is 488 g/mol. The van der Waals surface area contributed by atoms with Crippen LogP contribution in [0, 0.1) is 0 Å². The zero-order chi connectivity index (χ0) is 26.5. The summed E-state index contributed by atoms with van der Waals surface area (Å²) in [5.41, 5.74) is 9.50. The summed E-state index contributed by atoms with van der Waals surface area (Å²) in [5.74, 6) is 0.652. The molecule has 0 bridgehead atoms. The van der Waals surface area contributed by atoms with Gasteiger partial charge in [0.25, 0.3) is 0 Å². The van der Waals surface area contributed by atoms with Gasteiger partial charge in [-0.1, -0.05) is 115 Å². The third kappa shape index (κ3) is 3.47. The highest BCUT2D eigenvalue weighted by Gasteiger charge is 2.24. The molecule has 0 saturated heterocycles. The van der Waals surface area contributed by atoms with Crippen LogP contribution in [0.2, 0.25) is 0 Å². The molecule has 0 N–H and O–H groups in total. The first-order chi connectivity index (χ1) is 19.9. The van der Waals surface area contributed by atoms with Crippen molar-refractivity contribution in [3.63, 3.8) is 0 Å². The molecule has 188 valence electrons. The van der Waals surface area contributed by atoms with E-state index in [1.807, 2.05) is 12.1 Å². The number of benzene rings is 4. The van der Waals surface area contributed by atoms with E-state index in [2.05, 4.69) is 143 Å². The first-order valence-corrected chi connectivity index (χ1v) is 13.4. The van der Waals surface area contributed by atoms with Crippen molar-refractivity contribution in [1.29, 1.82) is 0 Å². The predicted octanol–water partition coefficient (Wildman–Crippen LogP) is 8.83. The number of nitrogens with zero attached hydrogens (tertiary/aromatic N) is 4. The van der Waals surface area contributed by atoms with E-state index in [1.165, 1.54) is 10.8 Å². The molecule has 4 aromatic heterocycles. The predicted molar refractivity (Wildman–Crippen MR) is 164 cm³/mol. The second-order valence-corrected chi connectivity index (χ2v) is 9.92. The van der Waals surface area contributed by atoms with E-state index in [9.17, 15) is 0 Å². The molecule has 0 fully saturated rings. The van der Waals surface area contributed by atoms with Gasteiger partial charge in [0, 0.05) is 33.7 Å². The van der Waals surface area contributed by atoms with Crippen LogP contribution in [0.25, 0.3) is 67.0 Å². The fraction of sp³-hybridized carbons (Fsp3) is 0. The average Bonchev–Trinajstić information content (AvgIpc) is 3.55. The van der Waals surface area contributed by atoms with Crippen LogP contribution in [0.1, 0.15) is 0 Å². The van der Waals surface area contributed by atoms with Crippen molar-refractivity contribution < 1.29 is 0 Å². The van der Waals surface area contributed by atoms with E-state index in [1.54, 1.807) is 0 Å². The van der Waals surface area contributed by atoms with Gasteiger partial charge < -0.3 is 4.40 Å². The third-order valence-electron chi connectivity index (χ3n) is 7.56. The zero-order valence-corrected chi connectivity index (χ0v) is 21.6. The van der Waals surface area contributed by atoms with Gasteiger partial charge in [0.05, 0.1) is 33.6 Å². The van der Waals surface area contributed by atoms with E-state index in [0.717, 1.165) is 50.3 Å². The maximum absolute atomic E-state index is 5.22. The van der Waals surface area contributed by atoms with E-state index in [-0.39, 0.29) is 0 Å². The Morgan fingerprint density at radius 1 is 0.475 bits per heavy atom. The number of hydrogen-bond acceptors (Lipinski definition) is 2. The Morgan fingerprint density at radius 2 is 1.00 bits per heavy atom. The fourth-order valence-electron chi connectivity index (χ4n) is 5.81. The monoisotopic (exact) mass is 512 g/mol. The van der Waals surface area contributed by atoms with Crippen LogP contribution < -0.4 is 0 Å². The molecular formula is C36H24N4. The van der Waals surface area contributed by atoms with Crippen molar-refractivity contribution in [3.8, 4) is 39.7 Å². The van der Waals surface area contributed by atoms with Gasteiger partial charge in [-0.3, -0.25) is 4.57 Å². The SMILES string of the molecule is c1ccc(-c2cc(-c3ccccc3)nc(-n3c4ccccc4c4c3c(-c3ccccc3)n3ccccc43)n2)cc1. The fourth-order valence-corrected chi connectivity index (χ4v) is 5.81. The minimum absolute atomic E-state index is 0.652. The summed E-state index contributed by atoms with van der Waals surface area (Å²) in [4.78, 5) is 10.4. The molecule has 4 heteroatoms. The summed E-state index contributed by atoms with van der Waals surface area (Å²) in [6, 6.07) is 48.3. The molecule has 0 spiro atoms. The number of fused-ring (bicyclic) bond motifs is 5. The largest absolute Gasteiger partial charge is 0.314 e. The second-order valence-electron chi connectivity index (χ2n) is 9.92. The summed E-state index contributed by atoms with van der Waals surface area (Å²) in [6.07, 6.45) is 2.15. The minimum atomic E-state index is 0.652. The Hall–Kier alpha value is -5.48. The van der Waals surface area contributed by atoms with E-state index >= 15 is 0 Å². The molecule has 8 aromatic rings. The van der Waals surface area contributed by atoms with Crippen LogP contribution in [-0.4, -0.2) is 18.9 Å². The third-order valence-corrected chi connectivity index (χ3v) is 7.56. The summed E-state index contributed by atoms with van der Waals surface area (Å²) in [7, 11) is 0. The smallest absolute Gasteiger partial charge is 0.235 e. The molecule has 4 nitrogen and oxygen atoms in total. The van der Waals surface area contributed by atoms with Crippen LogP contribution in [0.4, 0.5) is 0 Å². The van der Waals surface area contributed by atoms with Gasteiger partial charge in [-0.05, 0) is 24.3 Å². The molecule has 0 atom stereocenters. The van der Waals surface area contributed by atoms with Crippen LogP contribution in [-0.2, 0) is 0 Å². The number of aromatic nitrogens is 4. The van der Waals surface area contributed by atoms with Gasteiger partial charge in [0.1, 0.15) is 0 Å². The molecule has 0 saturated carbocycles. The van der Waals surface area contributed by atoms with Gasteiger partial charge >= 0.3 is 0 Å². The lowest BCUT2D eigenvalue weighted by molar-refractivity contribution is 0.994. The summed E-state index contributed by atoms with van der Waals surface area (Å²) >= 11 is 0. The number of hydrogen-bond donors (Lipinski definition) is 0. The summed E-state index contributed by atoms with van der Waals surface area (Å²) in [6.45, 7) is 0. The highest BCUT2D eigenvalue weighted by Crippen LogP contribution is 2.42. The molecule has 0 unspecified atom stereocenters. The van der Waals surface area contributed by atoms with Crippen LogP contribution >= 0.6 is 0 Å². The first-order valence-electron chi connectivity index (χ1n) is 13.4. The number of para-hydroxylation sites is 1. The molecule has 4 aromatic carbocycles. The lowest BCUT2D eigenvalue weighted by Crippen LogP contribution is -2.04. The molecule has 0 amide bonds. The Balaban J connectivity index is 1.54. The normalized spacial score (nSPS) is 11.5. The maximum Gasteiger partial charge on any atom is 0.235 e. The molecule has 0 radical (unpaired) electrons. The molecule has 4 heterocycles. The Morgan fingerprint density at radius 3 is 1.65 bits per heavy atom. The maximum atomic E-state index is 5.22. The van der Waals surface area contributed by atoms with Crippen molar-refractivity contribution in [1.82, 2.24) is 18.9 Å². The van der Waals surface area contributed by atoms with Gasteiger partial charge in [0.2, 0.25) is 5.95 Å². The van der Waals surface area contributed by atoms with Gasteiger partial charge in [-0.2, -0.15) is 0 Å². The van der Waals surface area contributed by atoms with Gasteiger partial charge in [-0.25, -0.2) is 9.97 Å². The molecule has 0 aliphatic rings. The minimum Gasteiger partial charge on any atom is -0.314 e. The van der Waals surface area contributed by atoms with Gasteiger partial charge in [-0.15, -0.1) is 0 Å². The van der Waals surface area contributed by atoms with Crippen molar-refractivity contribution in [3.05, 3.63) is 146 Å².